The van der Waals surface area contributed by atoms with E-state index in [-0.39, 0.29) is 50.7 Å². The minimum atomic E-state index is -0.659. The van der Waals surface area contributed by atoms with Crippen LogP contribution in [0.5, 0.6) is 0 Å². The number of alkyl carbamates (subject to hydrolysis) is 1. The van der Waals surface area contributed by atoms with Gasteiger partial charge in [-0.2, -0.15) is 0 Å². The Balaban J connectivity index is 1.04. The first-order chi connectivity index (χ1) is 16.1. The molecule has 2 heterocycles. The third-order valence-corrected chi connectivity index (χ3v) is 6.29. The molecule has 9 heteroatoms. The van der Waals surface area contributed by atoms with Crippen LogP contribution in [0.1, 0.15) is 17.0 Å². The van der Waals surface area contributed by atoms with Crippen molar-refractivity contribution in [2.45, 2.75) is 30.3 Å². The van der Waals surface area contributed by atoms with Gasteiger partial charge in [0.1, 0.15) is 44.3 Å². The molecule has 2 aromatic carbocycles. The van der Waals surface area contributed by atoms with Crippen LogP contribution in [0, 0.1) is 0 Å². The summed E-state index contributed by atoms with van der Waals surface area (Å²) in [6.45, 7) is 0.400. The van der Waals surface area contributed by atoms with E-state index in [0.29, 0.717) is 6.61 Å². The lowest BCUT2D eigenvalue weighted by Crippen LogP contribution is -2.40. The van der Waals surface area contributed by atoms with Gasteiger partial charge in [-0.1, -0.05) is 48.5 Å². The molecule has 9 nitrogen and oxygen atoms in total. The van der Waals surface area contributed by atoms with Gasteiger partial charge in [0, 0.05) is 5.92 Å². The molecular weight excluding hydrogens is 428 g/mol. The summed E-state index contributed by atoms with van der Waals surface area (Å²) in [7, 11) is 0. The largest absolute Gasteiger partial charge is 0.449 e. The lowest BCUT2D eigenvalue weighted by molar-refractivity contribution is -0.123. The molecule has 1 aliphatic carbocycles. The number of amides is 2. The van der Waals surface area contributed by atoms with Gasteiger partial charge in [0.2, 0.25) is 5.91 Å². The summed E-state index contributed by atoms with van der Waals surface area (Å²) in [5.74, 6) is -0.453. The molecule has 3 N–H and O–H groups in total. The Labute approximate surface area is 191 Å². The fourth-order valence-electron chi connectivity index (χ4n) is 4.68. The predicted octanol–water partition coefficient (Wildman–Crippen LogP) is 1.14. The molecule has 3 aliphatic rings. The van der Waals surface area contributed by atoms with E-state index in [9.17, 15) is 14.7 Å². The first-order valence-electron chi connectivity index (χ1n) is 11.0. The monoisotopic (exact) mass is 454 g/mol. The number of aliphatic hydroxyl groups is 1. The van der Waals surface area contributed by atoms with Crippen molar-refractivity contribution in [1.82, 2.24) is 10.6 Å². The molecule has 2 fully saturated rings. The minimum absolute atomic E-state index is 0.0424. The van der Waals surface area contributed by atoms with Crippen LogP contribution in [0.2, 0.25) is 0 Å². The molecule has 5 rings (SSSR count). The fourth-order valence-corrected chi connectivity index (χ4v) is 4.68. The molecule has 0 spiro atoms. The number of aliphatic hydroxyl groups excluding tert-OH is 1. The maximum absolute atomic E-state index is 12.2. The predicted molar refractivity (Wildman–Crippen MR) is 116 cm³/mol. The maximum atomic E-state index is 12.2. The quantitative estimate of drug-likeness (QED) is 0.538. The van der Waals surface area contributed by atoms with Crippen LogP contribution in [0.15, 0.2) is 48.5 Å². The summed E-state index contributed by atoms with van der Waals surface area (Å²) in [6.07, 6.45) is -2.40. The molecular formula is C24H26N2O7. The van der Waals surface area contributed by atoms with E-state index in [1.807, 2.05) is 36.4 Å². The smallest absolute Gasteiger partial charge is 0.407 e. The van der Waals surface area contributed by atoms with Crippen LogP contribution >= 0.6 is 0 Å². The van der Waals surface area contributed by atoms with Gasteiger partial charge >= 0.3 is 6.09 Å². The Bertz CT molecular complexity index is 984. The van der Waals surface area contributed by atoms with Crippen LogP contribution in [-0.2, 0) is 23.7 Å². The van der Waals surface area contributed by atoms with Gasteiger partial charge in [-0.05, 0) is 22.3 Å². The van der Waals surface area contributed by atoms with Gasteiger partial charge in [-0.15, -0.1) is 0 Å². The molecule has 2 saturated heterocycles. The number of fused-ring (bicyclic) bond motifs is 4. The maximum Gasteiger partial charge on any atom is 0.407 e. The number of nitrogens with one attached hydrogen (secondary N) is 2. The highest BCUT2D eigenvalue weighted by molar-refractivity contribution is 5.82. The van der Waals surface area contributed by atoms with Gasteiger partial charge < -0.3 is 34.7 Å². The molecule has 174 valence electrons. The lowest BCUT2D eigenvalue weighted by atomic mass is 9.98. The first-order valence-corrected chi connectivity index (χ1v) is 11.0. The first kappa shape index (κ1) is 21.8. The van der Waals surface area contributed by atoms with E-state index in [4.69, 9.17) is 18.9 Å². The van der Waals surface area contributed by atoms with Gasteiger partial charge in [0.25, 0.3) is 0 Å². The van der Waals surface area contributed by atoms with Crippen LogP contribution in [0.4, 0.5) is 4.79 Å². The topological polar surface area (TPSA) is 115 Å². The number of benzene rings is 2. The molecule has 0 saturated carbocycles. The Morgan fingerprint density at radius 2 is 1.61 bits per heavy atom. The normalized spacial score (nSPS) is 25.2. The number of hydrogen-bond donors (Lipinski definition) is 3. The summed E-state index contributed by atoms with van der Waals surface area (Å²) in [6, 6.07) is 16.2. The van der Waals surface area contributed by atoms with Crippen LogP contribution in [0.3, 0.4) is 0 Å². The van der Waals surface area contributed by atoms with Crippen molar-refractivity contribution in [2.75, 3.05) is 33.1 Å². The zero-order valence-electron chi connectivity index (χ0n) is 17.9. The highest BCUT2D eigenvalue weighted by Gasteiger charge is 2.47. The molecule has 0 radical (unpaired) electrons. The second-order valence-electron chi connectivity index (χ2n) is 8.29. The molecule has 33 heavy (non-hydrogen) atoms. The molecule has 2 amide bonds. The number of carbonyl (C=O) groups is 2. The standard InChI is InChI=1S/C24H26N2O7/c27-19-11-30-23-20(12-31-22(19)23)33-13-26-21(28)9-25-24(29)32-10-18-16-7-3-1-5-14(16)15-6-2-4-8-17(15)18/h1-8,18-20,22-23,27H,9-13H2,(H,25,29)(H,26,28)/t19-,20-,22-,23-/m1/s1. The number of rotatable bonds is 7. The van der Waals surface area contributed by atoms with Crippen LogP contribution < -0.4 is 10.6 Å². The third kappa shape index (κ3) is 4.45. The average molecular weight is 454 g/mol. The second kappa shape index (κ2) is 9.48. The average Bonchev–Trinajstić information content (AvgIpc) is 3.50. The molecule has 0 bridgehead atoms. The minimum Gasteiger partial charge on any atom is -0.449 e. The van der Waals surface area contributed by atoms with E-state index in [0.717, 1.165) is 22.3 Å². The highest BCUT2D eigenvalue weighted by Crippen LogP contribution is 2.44. The second-order valence-corrected chi connectivity index (χ2v) is 8.29. The van der Waals surface area contributed by atoms with Crippen molar-refractivity contribution < 1.29 is 33.6 Å². The molecule has 2 aromatic rings. The molecule has 0 unspecified atom stereocenters. The third-order valence-electron chi connectivity index (χ3n) is 6.29. The zero-order valence-corrected chi connectivity index (χ0v) is 17.9. The Hall–Kier alpha value is -2.98. The molecule has 4 atom stereocenters. The van der Waals surface area contributed by atoms with Crippen LogP contribution in [0.25, 0.3) is 11.1 Å². The van der Waals surface area contributed by atoms with Crippen molar-refractivity contribution in [2.24, 2.45) is 0 Å². The summed E-state index contributed by atoms with van der Waals surface area (Å²) in [5, 5.41) is 14.8. The van der Waals surface area contributed by atoms with Crippen molar-refractivity contribution in [3.8, 4) is 11.1 Å². The number of carbonyl (C=O) groups excluding carboxylic acids is 2. The Morgan fingerprint density at radius 3 is 2.33 bits per heavy atom. The summed E-state index contributed by atoms with van der Waals surface area (Å²) < 4.78 is 21.9. The zero-order chi connectivity index (χ0) is 22.8. The van der Waals surface area contributed by atoms with E-state index in [1.54, 1.807) is 0 Å². The van der Waals surface area contributed by atoms with E-state index in [1.165, 1.54) is 0 Å². The SMILES string of the molecule is O=C(CNC(=O)OCC1c2ccccc2-c2ccccc21)NCO[C@@H]1CO[C@H]2[C@@H]1OC[C@H]2O. The van der Waals surface area contributed by atoms with Crippen LogP contribution in [-0.4, -0.2) is 74.6 Å². The Kier molecular flexibility index (Phi) is 6.28. The van der Waals surface area contributed by atoms with Gasteiger partial charge in [-0.25, -0.2) is 4.79 Å². The van der Waals surface area contributed by atoms with Gasteiger partial charge in [0.05, 0.1) is 13.2 Å². The van der Waals surface area contributed by atoms with Crippen molar-refractivity contribution >= 4 is 12.0 Å². The van der Waals surface area contributed by atoms with Crippen molar-refractivity contribution in [3.05, 3.63) is 59.7 Å². The summed E-state index contributed by atoms with van der Waals surface area (Å²) in [5.41, 5.74) is 4.55. The fraction of sp³-hybridized carbons (Fsp3) is 0.417. The Morgan fingerprint density at radius 1 is 0.939 bits per heavy atom. The molecule has 0 aromatic heterocycles. The van der Waals surface area contributed by atoms with Crippen molar-refractivity contribution in [1.29, 1.82) is 0 Å². The van der Waals surface area contributed by atoms with E-state index >= 15 is 0 Å². The van der Waals surface area contributed by atoms with E-state index < -0.39 is 18.1 Å². The van der Waals surface area contributed by atoms with Gasteiger partial charge in [-0.3, -0.25) is 4.79 Å². The van der Waals surface area contributed by atoms with Gasteiger partial charge in [0.15, 0.2) is 0 Å². The number of hydrogen-bond acceptors (Lipinski definition) is 7. The number of ether oxygens (including phenoxy) is 4. The van der Waals surface area contributed by atoms with E-state index in [2.05, 4.69) is 22.8 Å². The summed E-state index contributed by atoms with van der Waals surface area (Å²) in [4.78, 5) is 24.2. The lowest BCUT2D eigenvalue weighted by Gasteiger charge is -2.17. The highest BCUT2D eigenvalue weighted by atomic mass is 16.6. The summed E-state index contributed by atoms with van der Waals surface area (Å²) >= 11 is 0. The molecule has 2 aliphatic heterocycles. The van der Waals surface area contributed by atoms with Crippen molar-refractivity contribution in [3.63, 3.8) is 0 Å².